The molecule has 4 N–H and O–H groups in total. The maximum Gasteiger partial charge on any atom is 0.120 e. The highest BCUT2D eigenvalue weighted by molar-refractivity contribution is 9.11. The second kappa shape index (κ2) is 4.08. The van der Waals surface area contributed by atoms with Gasteiger partial charge < -0.3 is 20.7 Å². The van der Waals surface area contributed by atoms with Crippen LogP contribution in [0, 0.1) is 0 Å². The number of aliphatic hydroxyl groups is 2. The second-order valence-electron chi connectivity index (χ2n) is 3.60. The Morgan fingerprint density at radius 2 is 1.94 bits per heavy atom. The van der Waals surface area contributed by atoms with E-state index in [1.807, 2.05) is 0 Å². The minimum atomic E-state index is -0.890. The van der Waals surface area contributed by atoms with E-state index < -0.39 is 12.2 Å². The highest BCUT2D eigenvalue weighted by atomic mass is 79.9. The molecule has 0 saturated heterocycles. The Hall–Kier alpha value is -1.04. The average Bonchev–Trinajstić information content (AvgIpc) is 2.33. The van der Waals surface area contributed by atoms with Gasteiger partial charge in [-0.1, -0.05) is 22.0 Å². The van der Waals surface area contributed by atoms with Crippen LogP contribution in [0.5, 0.6) is 5.75 Å². The predicted molar refractivity (Wildman–Crippen MR) is 63.1 cm³/mol. The van der Waals surface area contributed by atoms with Gasteiger partial charge in [-0.3, -0.25) is 0 Å². The summed E-state index contributed by atoms with van der Waals surface area (Å²) in [5, 5.41) is 19.9. The zero-order chi connectivity index (χ0) is 11.9. The number of nitrogens with two attached hydrogens (primary N) is 1. The summed E-state index contributed by atoms with van der Waals surface area (Å²) in [4.78, 5) is 0. The average molecular weight is 286 g/mol. The molecule has 2 rings (SSSR count). The van der Waals surface area contributed by atoms with Gasteiger partial charge in [0.15, 0.2) is 0 Å². The van der Waals surface area contributed by atoms with Crippen molar-refractivity contribution in [3.8, 4) is 5.75 Å². The smallest absolute Gasteiger partial charge is 0.120 e. The highest BCUT2D eigenvalue weighted by Gasteiger charge is 2.30. The van der Waals surface area contributed by atoms with Gasteiger partial charge in [-0.05, 0) is 23.3 Å². The SMILES string of the molecule is COc1ccc2c(c1)C(O)C(Br)=C(N)C2O. The molecule has 0 saturated carbocycles. The standard InChI is InChI=1S/C11H12BrNO3/c1-16-5-2-3-6-7(4-5)10(14)8(12)9(13)11(6)15/h2-4,10-11,14-15H,13H2,1H3. The van der Waals surface area contributed by atoms with Gasteiger partial charge in [0.25, 0.3) is 0 Å². The molecule has 1 aromatic rings. The van der Waals surface area contributed by atoms with E-state index in [1.54, 1.807) is 25.3 Å². The quantitative estimate of drug-likeness (QED) is 0.728. The van der Waals surface area contributed by atoms with Crippen molar-refractivity contribution in [2.45, 2.75) is 12.2 Å². The number of rotatable bonds is 1. The van der Waals surface area contributed by atoms with E-state index in [2.05, 4.69) is 15.9 Å². The summed E-state index contributed by atoms with van der Waals surface area (Å²) in [5.41, 5.74) is 7.14. The van der Waals surface area contributed by atoms with Gasteiger partial charge in [0.2, 0.25) is 0 Å². The van der Waals surface area contributed by atoms with Gasteiger partial charge in [-0.15, -0.1) is 0 Å². The lowest BCUT2D eigenvalue weighted by molar-refractivity contribution is 0.174. The van der Waals surface area contributed by atoms with E-state index in [-0.39, 0.29) is 5.70 Å². The molecule has 0 bridgehead atoms. The molecule has 5 heteroatoms. The van der Waals surface area contributed by atoms with Gasteiger partial charge in [0.05, 0.1) is 12.8 Å². The van der Waals surface area contributed by atoms with Crippen molar-refractivity contribution < 1.29 is 14.9 Å². The summed E-state index contributed by atoms with van der Waals surface area (Å²) in [5.74, 6) is 0.630. The molecular formula is C11H12BrNO3. The van der Waals surface area contributed by atoms with Gasteiger partial charge in [0.1, 0.15) is 18.0 Å². The minimum absolute atomic E-state index is 0.241. The fourth-order valence-corrected chi connectivity index (χ4v) is 2.22. The van der Waals surface area contributed by atoms with E-state index >= 15 is 0 Å². The highest BCUT2D eigenvalue weighted by Crippen LogP contribution is 2.42. The predicted octanol–water partition coefficient (Wildman–Crippen LogP) is 1.34. The minimum Gasteiger partial charge on any atom is -0.497 e. The molecule has 0 aromatic heterocycles. The number of fused-ring (bicyclic) bond motifs is 1. The number of aliphatic hydroxyl groups excluding tert-OH is 2. The van der Waals surface area contributed by atoms with Crippen LogP contribution in [0.2, 0.25) is 0 Å². The first-order chi connectivity index (χ1) is 7.56. The maximum atomic E-state index is 9.99. The van der Waals surface area contributed by atoms with Crippen LogP contribution in [-0.4, -0.2) is 17.3 Å². The first-order valence-electron chi connectivity index (χ1n) is 4.75. The molecule has 0 aliphatic heterocycles. The van der Waals surface area contributed by atoms with Crippen molar-refractivity contribution in [3.05, 3.63) is 39.5 Å². The number of benzene rings is 1. The summed E-state index contributed by atoms with van der Waals surface area (Å²) in [6.45, 7) is 0. The fraction of sp³-hybridized carbons (Fsp3) is 0.273. The van der Waals surface area contributed by atoms with Crippen LogP contribution in [0.3, 0.4) is 0 Å². The third-order valence-corrected chi connectivity index (χ3v) is 3.59. The Morgan fingerprint density at radius 1 is 1.25 bits per heavy atom. The fourth-order valence-electron chi connectivity index (χ4n) is 1.76. The molecule has 1 aromatic carbocycles. The Morgan fingerprint density at radius 3 is 2.56 bits per heavy atom. The zero-order valence-electron chi connectivity index (χ0n) is 8.64. The van der Waals surface area contributed by atoms with Crippen molar-refractivity contribution in [3.63, 3.8) is 0 Å². The number of ether oxygens (including phenoxy) is 1. The van der Waals surface area contributed by atoms with Gasteiger partial charge in [0, 0.05) is 4.48 Å². The van der Waals surface area contributed by atoms with Gasteiger partial charge in [-0.25, -0.2) is 0 Å². The van der Waals surface area contributed by atoms with Crippen molar-refractivity contribution in [2.24, 2.45) is 5.73 Å². The molecule has 2 atom stereocenters. The molecule has 16 heavy (non-hydrogen) atoms. The van der Waals surface area contributed by atoms with Crippen molar-refractivity contribution in [1.29, 1.82) is 0 Å². The molecule has 0 spiro atoms. The first kappa shape index (κ1) is 11.4. The molecular weight excluding hydrogens is 274 g/mol. The number of hydrogen-bond donors (Lipinski definition) is 3. The largest absolute Gasteiger partial charge is 0.497 e. The summed E-state index contributed by atoms with van der Waals surface area (Å²) in [6, 6.07) is 5.12. The lowest BCUT2D eigenvalue weighted by Crippen LogP contribution is -2.21. The van der Waals surface area contributed by atoms with E-state index in [0.29, 0.717) is 21.4 Å². The summed E-state index contributed by atoms with van der Waals surface area (Å²) < 4.78 is 5.47. The maximum absolute atomic E-state index is 9.99. The normalized spacial score (nSPS) is 24.2. The zero-order valence-corrected chi connectivity index (χ0v) is 10.2. The lowest BCUT2D eigenvalue weighted by atomic mass is 9.90. The summed E-state index contributed by atoms with van der Waals surface area (Å²) >= 11 is 3.18. The number of methoxy groups -OCH3 is 1. The van der Waals surface area contributed by atoms with Crippen molar-refractivity contribution >= 4 is 15.9 Å². The topological polar surface area (TPSA) is 75.7 Å². The van der Waals surface area contributed by atoms with Crippen LogP contribution in [0.15, 0.2) is 28.4 Å². The molecule has 0 fully saturated rings. The monoisotopic (exact) mass is 285 g/mol. The van der Waals surface area contributed by atoms with E-state index in [1.165, 1.54) is 0 Å². The van der Waals surface area contributed by atoms with Crippen LogP contribution in [-0.2, 0) is 0 Å². The summed E-state index contributed by atoms with van der Waals surface area (Å²) in [6.07, 6.45) is -1.74. The van der Waals surface area contributed by atoms with E-state index in [9.17, 15) is 10.2 Å². The molecule has 0 heterocycles. The Kier molecular flexibility index (Phi) is 2.92. The second-order valence-corrected chi connectivity index (χ2v) is 4.46. The summed E-state index contributed by atoms with van der Waals surface area (Å²) in [7, 11) is 1.55. The third kappa shape index (κ3) is 1.61. The van der Waals surface area contributed by atoms with Crippen molar-refractivity contribution in [1.82, 2.24) is 0 Å². The van der Waals surface area contributed by atoms with Gasteiger partial charge in [-0.2, -0.15) is 0 Å². The van der Waals surface area contributed by atoms with Crippen LogP contribution >= 0.6 is 15.9 Å². The molecule has 1 aliphatic carbocycles. The number of hydrogen-bond acceptors (Lipinski definition) is 4. The van der Waals surface area contributed by atoms with E-state index in [4.69, 9.17) is 10.5 Å². The molecule has 4 nitrogen and oxygen atoms in total. The van der Waals surface area contributed by atoms with Crippen LogP contribution in [0.25, 0.3) is 0 Å². The van der Waals surface area contributed by atoms with Crippen LogP contribution in [0.1, 0.15) is 23.3 Å². The molecule has 0 radical (unpaired) electrons. The van der Waals surface area contributed by atoms with Crippen molar-refractivity contribution in [2.75, 3.05) is 7.11 Å². The number of halogens is 1. The first-order valence-corrected chi connectivity index (χ1v) is 5.54. The molecule has 1 aliphatic rings. The Balaban J connectivity index is 2.57. The molecule has 2 unspecified atom stereocenters. The molecule has 0 amide bonds. The Labute approximate surface area is 101 Å². The van der Waals surface area contributed by atoms with Crippen LogP contribution < -0.4 is 10.5 Å². The third-order valence-electron chi connectivity index (χ3n) is 2.69. The van der Waals surface area contributed by atoms with Gasteiger partial charge >= 0.3 is 0 Å². The lowest BCUT2D eigenvalue weighted by Gasteiger charge is -2.27. The van der Waals surface area contributed by atoms with E-state index in [0.717, 1.165) is 0 Å². The Bertz CT molecular complexity index is 459. The van der Waals surface area contributed by atoms with Crippen LogP contribution in [0.4, 0.5) is 0 Å². The molecule has 86 valence electrons.